The maximum Gasteiger partial charge on any atom is 0.127 e. The van der Waals surface area contributed by atoms with Crippen LogP contribution in [0.5, 0.6) is 11.5 Å². The van der Waals surface area contributed by atoms with Gasteiger partial charge >= 0.3 is 0 Å². The SMILES string of the molecule is Cc1cccc(Oc2cccc([C@H]3COCN3c3ccc(Cl)cc3)c2)c1. The first-order valence-electron chi connectivity index (χ1n) is 8.63. The van der Waals surface area contributed by atoms with Gasteiger partial charge in [0.25, 0.3) is 0 Å². The molecule has 1 saturated heterocycles. The van der Waals surface area contributed by atoms with Crippen molar-refractivity contribution in [2.45, 2.75) is 13.0 Å². The van der Waals surface area contributed by atoms with Crippen LogP contribution in [0, 0.1) is 6.92 Å². The number of nitrogens with zero attached hydrogens (tertiary/aromatic N) is 1. The van der Waals surface area contributed by atoms with Gasteiger partial charge in [0.15, 0.2) is 0 Å². The van der Waals surface area contributed by atoms with Crippen LogP contribution in [0.15, 0.2) is 72.8 Å². The Labute approximate surface area is 158 Å². The van der Waals surface area contributed by atoms with Gasteiger partial charge in [0, 0.05) is 10.7 Å². The summed E-state index contributed by atoms with van der Waals surface area (Å²) < 4.78 is 11.8. The Hall–Kier alpha value is -2.49. The molecule has 3 aromatic rings. The van der Waals surface area contributed by atoms with Crippen molar-refractivity contribution in [1.29, 1.82) is 0 Å². The van der Waals surface area contributed by atoms with Gasteiger partial charge in [0.05, 0.1) is 12.6 Å². The van der Waals surface area contributed by atoms with Gasteiger partial charge < -0.3 is 14.4 Å². The lowest BCUT2D eigenvalue weighted by Gasteiger charge is -2.25. The van der Waals surface area contributed by atoms with E-state index in [-0.39, 0.29) is 6.04 Å². The normalized spacial score (nSPS) is 16.7. The van der Waals surface area contributed by atoms with Crippen LogP contribution >= 0.6 is 11.6 Å². The number of hydrogen-bond acceptors (Lipinski definition) is 3. The van der Waals surface area contributed by atoms with E-state index in [2.05, 4.69) is 30.0 Å². The van der Waals surface area contributed by atoms with Gasteiger partial charge in [0.2, 0.25) is 0 Å². The Bertz CT molecular complexity index is 895. The number of hydrogen-bond donors (Lipinski definition) is 0. The van der Waals surface area contributed by atoms with E-state index in [9.17, 15) is 0 Å². The molecule has 0 saturated carbocycles. The van der Waals surface area contributed by atoms with Crippen molar-refractivity contribution in [3.8, 4) is 11.5 Å². The molecule has 0 amide bonds. The number of aryl methyl sites for hydroxylation is 1. The molecule has 4 heteroatoms. The molecule has 0 bridgehead atoms. The summed E-state index contributed by atoms with van der Waals surface area (Å²) in [5.41, 5.74) is 3.45. The third kappa shape index (κ3) is 3.69. The fraction of sp³-hybridized carbons (Fsp3) is 0.182. The minimum Gasteiger partial charge on any atom is -0.457 e. The molecule has 26 heavy (non-hydrogen) atoms. The molecule has 1 aliphatic rings. The lowest BCUT2D eigenvalue weighted by molar-refractivity contribution is 0.194. The summed E-state index contributed by atoms with van der Waals surface area (Å²) in [4.78, 5) is 2.24. The maximum atomic E-state index is 6.04. The zero-order valence-electron chi connectivity index (χ0n) is 14.6. The van der Waals surface area contributed by atoms with Crippen molar-refractivity contribution in [3.63, 3.8) is 0 Å². The highest BCUT2D eigenvalue weighted by atomic mass is 35.5. The lowest BCUT2D eigenvalue weighted by atomic mass is 10.1. The van der Waals surface area contributed by atoms with E-state index in [0.717, 1.165) is 22.2 Å². The molecule has 0 aromatic heterocycles. The summed E-state index contributed by atoms with van der Waals surface area (Å²) in [7, 11) is 0. The van der Waals surface area contributed by atoms with Crippen molar-refractivity contribution in [3.05, 3.63) is 88.9 Å². The van der Waals surface area contributed by atoms with Crippen molar-refractivity contribution in [2.24, 2.45) is 0 Å². The highest BCUT2D eigenvalue weighted by molar-refractivity contribution is 6.30. The third-order valence-corrected chi connectivity index (χ3v) is 4.76. The second kappa shape index (κ2) is 7.40. The zero-order valence-corrected chi connectivity index (χ0v) is 15.3. The van der Waals surface area contributed by atoms with Gasteiger partial charge in [-0.3, -0.25) is 0 Å². The molecule has 1 fully saturated rings. The predicted molar refractivity (Wildman–Crippen MR) is 105 cm³/mol. The third-order valence-electron chi connectivity index (χ3n) is 4.51. The van der Waals surface area contributed by atoms with E-state index in [1.165, 1.54) is 11.1 Å². The summed E-state index contributed by atoms with van der Waals surface area (Å²) >= 11 is 6.01. The summed E-state index contributed by atoms with van der Waals surface area (Å²) in [5.74, 6) is 1.68. The van der Waals surface area contributed by atoms with E-state index in [4.69, 9.17) is 21.1 Å². The molecule has 4 rings (SSSR count). The van der Waals surface area contributed by atoms with E-state index in [1.807, 2.05) is 54.6 Å². The molecule has 1 aliphatic heterocycles. The van der Waals surface area contributed by atoms with Gasteiger partial charge in [-0.1, -0.05) is 35.9 Å². The second-order valence-corrected chi connectivity index (χ2v) is 6.89. The van der Waals surface area contributed by atoms with Crippen LogP contribution in [0.1, 0.15) is 17.2 Å². The van der Waals surface area contributed by atoms with E-state index in [1.54, 1.807) is 0 Å². The highest BCUT2D eigenvalue weighted by Gasteiger charge is 2.27. The van der Waals surface area contributed by atoms with Crippen LogP contribution in [0.25, 0.3) is 0 Å². The first-order valence-corrected chi connectivity index (χ1v) is 9.01. The van der Waals surface area contributed by atoms with Crippen LogP contribution in [0.4, 0.5) is 5.69 Å². The average molecular weight is 366 g/mol. The van der Waals surface area contributed by atoms with Gasteiger partial charge in [-0.05, 0) is 66.6 Å². The molecule has 0 unspecified atom stereocenters. The van der Waals surface area contributed by atoms with Crippen LogP contribution in [-0.2, 0) is 4.74 Å². The average Bonchev–Trinajstić information content (AvgIpc) is 3.12. The highest BCUT2D eigenvalue weighted by Crippen LogP contribution is 2.34. The van der Waals surface area contributed by atoms with Gasteiger partial charge in [-0.2, -0.15) is 0 Å². The van der Waals surface area contributed by atoms with E-state index in [0.29, 0.717) is 13.3 Å². The quantitative estimate of drug-likeness (QED) is 0.568. The first kappa shape index (κ1) is 17.0. The molecule has 0 aliphatic carbocycles. The summed E-state index contributed by atoms with van der Waals surface area (Å²) in [6.45, 7) is 3.27. The molecule has 132 valence electrons. The number of rotatable bonds is 4. The van der Waals surface area contributed by atoms with E-state index < -0.39 is 0 Å². The Morgan fingerprint density at radius 3 is 2.46 bits per heavy atom. The predicted octanol–water partition coefficient (Wildman–Crippen LogP) is 5.98. The van der Waals surface area contributed by atoms with E-state index >= 15 is 0 Å². The zero-order chi connectivity index (χ0) is 17.9. The summed E-state index contributed by atoms with van der Waals surface area (Å²) in [6, 6.07) is 24.3. The molecule has 1 atom stereocenters. The molecular formula is C22H20ClNO2. The first-order chi connectivity index (χ1) is 12.7. The Morgan fingerprint density at radius 1 is 0.962 bits per heavy atom. The molecule has 3 nitrogen and oxygen atoms in total. The maximum absolute atomic E-state index is 6.04. The molecular weight excluding hydrogens is 346 g/mol. The molecule has 0 spiro atoms. The smallest absolute Gasteiger partial charge is 0.127 e. The van der Waals surface area contributed by atoms with Crippen molar-refractivity contribution < 1.29 is 9.47 Å². The molecule has 0 N–H and O–H groups in total. The monoisotopic (exact) mass is 365 g/mol. The van der Waals surface area contributed by atoms with Gasteiger partial charge in [-0.25, -0.2) is 0 Å². The molecule has 0 radical (unpaired) electrons. The Morgan fingerprint density at radius 2 is 1.69 bits per heavy atom. The fourth-order valence-electron chi connectivity index (χ4n) is 3.21. The molecule has 1 heterocycles. The number of anilines is 1. The number of ether oxygens (including phenoxy) is 2. The minimum absolute atomic E-state index is 0.150. The van der Waals surface area contributed by atoms with Gasteiger partial charge in [-0.15, -0.1) is 0 Å². The van der Waals surface area contributed by atoms with Crippen LogP contribution in [-0.4, -0.2) is 13.3 Å². The van der Waals surface area contributed by atoms with Gasteiger partial charge in [0.1, 0.15) is 18.2 Å². The number of halogens is 1. The Balaban J connectivity index is 1.58. The van der Waals surface area contributed by atoms with Crippen LogP contribution in [0.2, 0.25) is 5.02 Å². The van der Waals surface area contributed by atoms with Crippen LogP contribution in [0.3, 0.4) is 0 Å². The van der Waals surface area contributed by atoms with Crippen molar-refractivity contribution >= 4 is 17.3 Å². The topological polar surface area (TPSA) is 21.7 Å². The lowest BCUT2D eigenvalue weighted by Crippen LogP contribution is -2.23. The fourth-order valence-corrected chi connectivity index (χ4v) is 3.33. The summed E-state index contributed by atoms with van der Waals surface area (Å²) in [5, 5.41) is 0.735. The minimum atomic E-state index is 0.150. The Kier molecular flexibility index (Phi) is 4.83. The standard InChI is InChI=1S/C22H20ClNO2/c1-16-4-2-6-20(12-16)26-21-7-3-5-17(13-21)22-14-25-15-24(22)19-10-8-18(23)9-11-19/h2-13,22H,14-15H2,1H3/t22-/m1/s1. The summed E-state index contributed by atoms with van der Waals surface area (Å²) in [6.07, 6.45) is 0. The van der Waals surface area contributed by atoms with Crippen molar-refractivity contribution in [1.82, 2.24) is 0 Å². The number of benzene rings is 3. The van der Waals surface area contributed by atoms with Crippen molar-refractivity contribution in [2.75, 3.05) is 18.2 Å². The largest absolute Gasteiger partial charge is 0.457 e. The van der Waals surface area contributed by atoms with Crippen LogP contribution < -0.4 is 9.64 Å². The molecule has 3 aromatic carbocycles. The second-order valence-electron chi connectivity index (χ2n) is 6.45.